The van der Waals surface area contributed by atoms with E-state index in [1.165, 1.54) is 18.2 Å². The minimum Gasteiger partial charge on any atom is -0.207 e. The maximum absolute atomic E-state index is 13.5. The van der Waals surface area contributed by atoms with Gasteiger partial charge >= 0.3 is 0 Å². The van der Waals surface area contributed by atoms with Crippen molar-refractivity contribution in [1.29, 1.82) is 0 Å². The number of hydrogen-bond acceptors (Lipinski definition) is 2. The van der Waals surface area contributed by atoms with Crippen LogP contribution in [-0.4, -0.2) is 8.42 Å². The third-order valence-corrected chi connectivity index (χ3v) is 4.51. The molecule has 0 fully saturated rings. The van der Waals surface area contributed by atoms with E-state index in [1.807, 2.05) is 12.1 Å². The van der Waals surface area contributed by atoms with Gasteiger partial charge in [0, 0.05) is 12.4 Å². The van der Waals surface area contributed by atoms with Crippen LogP contribution in [0.5, 0.6) is 0 Å². The monoisotopic (exact) mass is 313 g/mol. The molecule has 0 radical (unpaired) electrons. The van der Waals surface area contributed by atoms with E-state index < -0.39 is 15.8 Å². The van der Waals surface area contributed by atoms with Crippen LogP contribution < -0.4 is 4.72 Å². The molecule has 6 heteroatoms. The summed E-state index contributed by atoms with van der Waals surface area (Å²) in [5.74, 6) is -0.362. The van der Waals surface area contributed by atoms with E-state index in [4.69, 9.17) is 11.6 Å². The zero-order valence-electron chi connectivity index (χ0n) is 10.5. The Kier molecular flexibility index (Phi) is 4.75. The van der Waals surface area contributed by atoms with Crippen LogP contribution >= 0.6 is 11.6 Å². The molecule has 0 saturated carbocycles. The van der Waals surface area contributed by atoms with Gasteiger partial charge in [-0.3, -0.25) is 0 Å². The molecule has 106 valence electrons. The molecule has 0 unspecified atom stereocenters. The van der Waals surface area contributed by atoms with Crippen molar-refractivity contribution in [2.45, 2.75) is 17.3 Å². The quantitative estimate of drug-likeness (QED) is 0.862. The van der Waals surface area contributed by atoms with Gasteiger partial charge in [-0.05, 0) is 23.3 Å². The number of halogens is 2. The first-order chi connectivity index (χ1) is 9.53. The molecule has 20 heavy (non-hydrogen) atoms. The fraction of sp³-hybridized carbons (Fsp3) is 0.143. The lowest BCUT2D eigenvalue weighted by molar-refractivity contribution is 0.557. The zero-order chi connectivity index (χ0) is 14.6. The largest absolute Gasteiger partial charge is 0.243 e. The second-order valence-electron chi connectivity index (χ2n) is 4.21. The zero-order valence-corrected chi connectivity index (χ0v) is 12.1. The highest BCUT2D eigenvalue weighted by molar-refractivity contribution is 7.89. The van der Waals surface area contributed by atoms with E-state index in [0.29, 0.717) is 5.88 Å². The first-order valence-electron chi connectivity index (χ1n) is 5.91. The number of nitrogens with one attached hydrogen (secondary N) is 1. The molecule has 0 heterocycles. The Balaban J connectivity index is 2.11. The van der Waals surface area contributed by atoms with E-state index in [9.17, 15) is 12.8 Å². The highest BCUT2D eigenvalue weighted by Gasteiger charge is 2.17. The summed E-state index contributed by atoms with van der Waals surface area (Å²) in [5.41, 5.74) is 1.73. The highest BCUT2D eigenvalue weighted by atomic mass is 35.5. The van der Waals surface area contributed by atoms with Crippen LogP contribution in [0.2, 0.25) is 0 Å². The molecule has 2 aromatic carbocycles. The van der Waals surface area contributed by atoms with Crippen molar-refractivity contribution in [2.24, 2.45) is 0 Å². The second kappa shape index (κ2) is 6.35. The van der Waals surface area contributed by atoms with Gasteiger partial charge in [0.25, 0.3) is 0 Å². The molecule has 0 amide bonds. The maximum Gasteiger partial charge on any atom is 0.243 e. The first kappa shape index (κ1) is 15.0. The summed E-state index contributed by atoms with van der Waals surface area (Å²) in [7, 11) is -3.86. The molecule has 0 aliphatic heterocycles. The van der Waals surface area contributed by atoms with E-state index in [-0.39, 0.29) is 11.4 Å². The predicted molar refractivity (Wildman–Crippen MR) is 76.4 cm³/mol. The molecule has 3 nitrogen and oxygen atoms in total. The summed E-state index contributed by atoms with van der Waals surface area (Å²) in [6.07, 6.45) is 0. The van der Waals surface area contributed by atoms with Crippen LogP contribution in [0.25, 0.3) is 0 Å². The Morgan fingerprint density at radius 3 is 2.20 bits per heavy atom. The van der Waals surface area contributed by atoms with Crippen molar-refractivity contribution >= 4 is 21.6 Å². The van der Waals surface area contributed by atoms with Crippen molar-refractivity contribution in [2.75, 3.05) is 0 Å². The van der Waals surface area contributed by atoms with Gasteiger partial charge in [0.05, 0.1) is 0 Å². The lowest BCUT2D eigenvalue weighted by atomic mass is 10.1. The second-order valence-corrected chi connectivity index (χ2v) is 6.21. The molecule has 2 rings (SSSR count). The van der Waals surface area contributed by atoms with Gasteiger partial charge in [-0.1, -0.05) is 36.4 Å². The molecule has 0 bridgehead atoms. The Morgan fingerprint density at radius 2 is 1.60 bits per heavy atom. The molecular weight excluding hydrogens is 301 g/mol. The average molecular weight is 314 g/mol. The van der Waals surface area contributed by atoms with Gasteiger partial charge in [0.2, 0.25) is 10.0 Å². The fourth-order valence-electron chi connectivity index (χ4n) is 1.66. The molecule has 1 N–H and O–H groups in total. The first-order valence-corrected chi connectivity index (χ1v) is 7.92. The topological polar surface area (TPSA) is 46.2 Å². The minimum atomic E-state index is -3.86. The summed E-state index contributed by atoms with van der Waals surface area (Å²) in [6.45, 7) is 0.0965. The van der Waals surface area contributed by atoms with Crippen molar-refractivity contribution in [1.82, 2.24) is 4.72 Å². The van der Waals surface area contributed by atoms with Gasteiger partial charge in [-0.15, -0.1) is 11.6 Å². The lowest BCUT2D eigenvalue weighted by Crippen LogP contribution is -2.24. The van der Waals surface area contributed by atoms with Gasteiger partial charge in [0.15, 0.2) is 0 Å². The van der Waals surface area contributed by atoms with Gasteiger partial charge in [-0.25, -0.2) is 17.5 Å². The molecule has 0 aliphatic carbocycles. The summed E-state index contributed by atoms with van der Waals surface area (Å²) >= 11 is 5.67. The van der Waals surface area contributed by atoms with Gasteiger partial charge in [0.1, 0.15) is 10.7 Å². The Hall–Kier alpha value is -1.43. The van der Waals surface area contributed by atoms with Crippen LogP contribution in [0, 0.1) is 5.82 Å². The lowest BCUT2D eigenvalue weighted by Gasteiger charge is -2.08. The molecule has 2 aromatic rings. The van der Waals surface area contributed by atoms with Gasteiger partial charge in [-0.2, -0.15) is 0 Å². The van der Waals surface area contributed by atoms with Crippen LogP contribution in [0.15, 0.2) is 53.4 Å². The van der Waals surface area contributed by atoms with Crippen molar-refractivity contribution in [3.63, 3.8) is 0 Å². The Morgan fingerprint density at radius 1 is 1.00 bits per heavy atom. The van der Waals surface area contributed by atoms with Crippen molar-refractivity contribution in [3.8, 4) is 0 Å². The summed E-state index contributed by atoms with van der Waals surface area (Å²) in [5, 5.41) is 0. The Bertz CT molecular complexity index is 687. The van der Waals surface area contributed by atoms with E-state index in [1.54, 1.807) is 12.1 Å². The van der Waals surface area contributed by atoms with Gasteiger partial charge < -0.3 is 0 Å². The number of hydrogen-bond donors (Lipinski definition) is 1. The third kappa shape index (κ3) is 3.56. The number of alkyl halides is 1. The standard InChI is InChI=1S/C14H13ClFNO2S/c15-9-11-5-7-12(8-6-11)10-17-20(18,19)14-4-2-1-3-13(14)16/h1-8,17H,9-10H2. The van der Waals surface area contributed by atoms with Crippen molar-refractivity contribution in [3.05, 3.63) is 65.5 Å². The normalized spacial score (nSPS) is 11.5. The molecular formula is C14H13ClFNO2S. The average Bonchev–Trinajstić information content (AvgIpc) is 2.46. The molecule has 0 aliphatic rings. The SMILES string of the molecule is O=S(=O)(NCc1ccc(CCl)cc1)c1ccccc1F. The third-order valence-electron chi connectivity index (χ3n) is 2.77. The number of rotatable bonds is 5. The van der Waals surface area contributed by atoms with Crippen LogP contribution in [0.1, 0.15) is 11.1 Å². The van der Waals surface area contributed by atoms with E-state index in [2.05, 4.69) is 4.72 Å². The van der Waals surface area contributed by atoms with E-state index in [0.717, 1.165) is 17.2 Å². The highest BCUT2D eigenvalue weighted by Crippen LogP contribution is 2.14. The van der Waals surface area contributed by atoms with Crippen molar-refractivity contribution < 1.29 is 12.8 Å². The van der Waals surface area contributed by atoms with Crippen LogP contribution in [0.3, 0.4) is 0 Å². The summed E-state index contributed by atoms with van der Waals surface area (Å²) in [4.78, 5) is -0.350. The summed E-state index contributed by atoms with van der Waals surface area (Å²) in [6, 6.07) is 12.5. The molecule has 0 atom stereocenters. The summed E-state index contributed by atoms with van der Waals surface area (Å²) < 4.78 is 39.8. The fourth-order valence-corrected chi connectivity index (χ4v) is 2.94. The molecule has 0 saturated heterocycles. The maximum atomic E-state index is 13.5. The van der Waals surface area contributed by atoms with Crippen LogP contribution in [0.4, 0.5) is 4.39 Å². The Labute approximate surface area is 122 Å². The number of benzene rings is 2. The van der Waals surface area contributed by atoms with E-state index >= 15 is 0 Å². The minimum absolute atomic E-state index is 0.0965. The molecule has 0 aromatic heterocycles. The smallest absolute Gasteiger partial charge is 0.207 e. The number of sulfonamides is 1. The predicted octanol–water partition coefficient (Wildman–Crippen LogP) is 3.04. The molecule has 0 spiro atoms. The van der Waals surface area contributed by atoms with Crippen LogP contribution in [-0.2, 0) is 22.4 Å².